The predicted molar refractivity (Wildman–Crippen MR) is 150 cm³/mol. The zero-order valence-electron chi connectivity index (χ0n) is 22.9. The third-order valence-corrected chi connectivity index (χ3v) is 6.82. The number of allylic oxidation sites excluding steroid dienone is 1. The number of hydrogen-bond donors (Lipinski definition) is 0. The molecule has 4 aromatic rings. The number of nitrogens with zero attached hydrogens (tertiary/aromatic N) is 5. The molecule has 0 bridgehead atoms. The molecule has 190 valence electrons. The molecule has 6 heteroatoms. The lowest BCUT2D eigenvalue weighted by Gasteiger charge is -2.24. The van der Waals surface area contributed by atoms with Crippen molar-refractivity contribution in [3.8, 4) is 29.5 Å². The second-order valence-corrected chi connectivity index (χ2v) is 9.29. The normalized spacial score (nSPS) is 15.0. The molecule has 1 aliphatic rings. The summed E-state index contributed by atoms with van der Waals surface area (Å²) in [7, 11) is 2.06. The van der Waals surface area contributed by atoms with Crippen molar-refractivity contribution in [1.29, 1.82) is 0 Å². The van der Waals surface area contributed by atoms with Crippen LogP contribution in [0.3, 0.4) is 0 Å². The van der Waals surface area contributed by atoms with Gasteiger partial charge < -0.3 is 9.30 Å². The van der Waals surface area contributed by atoms with Crippen LogP contribution in [0.15, 0.2) is 36.8 Å². The molecule has 0 N–H and O–H groups in total. The smallest absolute Gasteiger partial charge is 0.216 e. The van der Waals surface area contributed by atoms with Crippen LogP contribution in [0, 0.1) is 40.0 Å². The van der Waals surface area contributed by atoms with Gasteiger partial charge >= 0.3 is 0 Å². The van der Waals surface area contributed by atoms with E-state index in [1.807, 2.05) is 52.9 Å². The fraction of sp³-hybridized carbons (Fsp3) is 0.355. The molecule has 0 saturated carbocycles. The van der Waals surface area contributed by atoms with Crippen LogP contribution in [-0.2, 0) is 7.05 Å². The summed E-state index contributed by atoms with van der Waals surface area (Å²) in [5, 5.41) is 1.09. The van der Waals surface area contributed by atoms with Crippen LogP contribution < -0.4 is 4.74 Å². The Hall–Kier alpha value is -3.98. The zero-order chi connectivity index (χ0) is 26.7. The first-order valence-corrected chi connectivity index (χ1v) is 12.9. The Labute approximate surface area is 219 Å². The summed E-state index contributed by atoms with van der Waals surface area (Å²) in [6, 6.07) is 6.04. The number of rotatable bonds is 4. The average Bonchev–Trinajstić information content (AvgIpc) is 3.21. The van der Waals surface area contributed by atoms with Crippen LogP contribution in [0.2, 0.25) is 0 Å². The van der Waals surface area contributed by atoms with Gasteiger partial charge in [0.1, 0.15) is 23.8 Å². The molecule has 0 fully saturated rings. The van der Waals surface area contributed by atoms with E-state index in [0.717, 1.165) is 69.9 Å². The third kappa shape index (κ3) is 4.99. The lowest BCUT2D eigenvalue weighted by molar-refractivity contribution is 0.183. The van der Waals surface area contributed by atoms with E-state index in [9.17, 15) is 0 Å². The second kappa shape index (κ2) is 11.0. The molecule has 0 aliphatic heterocycles. The number of hydrogen-bond acceptors (Lipinski definition) is 5. The molecule has 0 amide bonds. The lowest BCUT2D eigenvalue weighted by atomic mass is 9.88. The number of pyridine rings is 2. The van der Waals surface area contributed by atoms with Crippen LogP contribution in [0.4, 0.5) is 0 Å². The third-order valence-electron chi connectivity index (χ3n) is 6.82. The Morgan fingerprint density at radius 2 is 1.84 bits per heavy atom. The number of aromatic nitrogens is 5. The van der Waals surface area contributed by atoms with E-state index in [1.54, 1.807) is 6.33 Å². The second-order valence-electron chi connectivity index (χ2n) is 9.29. The Balaban J connectivity index is 0.00000156. The van der Waals surface area contributed by atoms with Gasteiger partial charge in [-0.25, -0.2) is 19.9 Å². The summed E-state index contributed by atoms with van der Waals surface area (Å²) in [5.74, 6) is 3.37. The summed E-state index contributed by atoms with van der Waals surface area (Å²) in [4.78, 5) is 18.2. The molecular formula is C31H35N5O. The molecular weight excluding hydrogens is 458 g/mol. The van der Waals surface area contributed by atoms with E-state index in [4.69, 9.17) is 11.2 Å². The van der Waals surface area contributed by atoms with Crippen molar-refractivity contribution in [3.05, 3.63) is 70.6 Å². The lowest BCUT2D eigenvalue weighted by Crippen LogP contribution is -2.20. The zero-order valence-corrected chi connectivity index (χ0v) is 22.9. The van der Waals surface area contributed by atoms with E-state index in [-0.39, 0.29) is 6.10 Å². The summed E-state index contributed by atoms with van der Waals surface area (Å²) in [6.45, 7) is 12.2. The van der Waals surface area contributed by atoms with Crippen LogP contribution in [0.5, 0.6) is 5.88 Å². The molecule has 0 aromatic carbocycles. The minimum atomic E-state index is 0.0980. The monoisotopic (exact) mass is 493 g/mol. The highest BCUT2D eigenvalue weighted by Crippen LogP contribution is 2.42. The quantitative estimate of drug-likeness (QED) is 0.297. The maximum absolute atomic E-state index is 6.31. The number of fused-ring (bicyclic) bond motifs is 1. The van der Waals surface area contributed by atoms with Crippen LogP contribution >= 0.6 is 0 Å². The molecule has 6 nitrogen and oxygen atoms in total. The van der Waals surface area contributed by atoms with E-state index < -0.39 is 0 Å². The van der Waals surface area contributed by atoms with Crippen molar-refractivity contribution in [2.24, 2.45) is 7.05 Å². The molecule has 5 rings (SSSR count). The molecule has 0 saturated heterocycles. The number of aryl methyl sites for hydroxylation is 5. The largest absolute Gasteiger partial charge is 0.474 e. The molecule has 1 unspecified atom stereocenters. The van der Waals surface area contributed by atoms with Gasteiger partial charge in [0.15, 0.2) is 0 Å². The van der Waals surface area contributed by atoms with Gasteiger partial charge in [0.2, 0.25) is 5.88 Å². The molecule has 0 radical (unpaired) electrons. The Morgan fingerprint density at radius 1 is 1.05 bits per heavy atom. The first-order chi connectivity index (χ1) is 17.9. The minimum absolute atomic E-state index is 0.0980. The van der Waals surface area contributed by atoms with E-state index >= 15 is 0 Å². The van der Waals surface area contributed by atoms with Gasteiger partial charge in [-0.05, 0) is 63.8 Å². The van der Waals surface area contributed by atoms with Gasteiger partial charge in [0.25, 0.3) is 0 Å². The van der Waals surface area contributed by atoms with Gasteiger partial charge in [-0.1, -0.05) is 31.9 Å². The average molecular weight is 494 g/mol. The van der Waals surface area contributed by atoms with E-state index in [0.29, 0.717) is 5.69 Å². The van der Waals surface area contributed by atoms with Gasteiger partial charge in [0, 0.05) is 47.4 Å². The number of terminal acetylenes is 1. The fourth-order valence-corrected chi connectivity index (χ4v) is 4.93. The molecule has 4 aromatic heterocycles. The number of ether oxygens (including phenoxy) is 1. The highest BCUT2D eigenvalue weighted by Gasteiger charge is 2.27. The first kappa shape index (κ1) is 26.1. The highest BCUT2D eigenvalue weighted by atomic mass is 16.5. The van der Waals surface area contributed by atoms with E-state index in [1.165, 1.54) is 11.1 Å². The summed E-state index contributed by atoms with van der Waals surface area (Å²) < 4.78 is 8.47. The van der Waals surface area contributed by atoms with Crippen molar-refractivity contribution in [2.75, 3.05) is 0 Å². The highest BCUT2D eigenvalue weighted by molar-refractivity contribution is 6.01. The topological polar surface area (TPSA) is 65.7 Å². The van der Waals surface area contributed by atoms with Gasteiger partial charge in [-0.2, -0.15) is 0 Å². The van der Waals surface area contributed by atoms with Gasteiger partial charge in [0.05, 0.1) is 11.4 Å². The molecule has 1 atom stereocenters. The summed E-state index contributed by atoms with van der Waals surface area (Å²) in [6.07, 6.45) is 14.1. The standard InChI is InChI=1S/C29H29N5O.C2H6/c1-7-22-14-18(3)24(15-30-22)27-26(25-20(5)31-16-32-28(25)34(27)6)21-10-12-23(13-11-21)35-29-17(2)8-9-19(4)33-29;1-2/h1,8-10,14-16,23H,11-13H2,2-6H3;1-2H3. The van der Waals surface area contributed by atoms with Crippen molar-refractivity contribution in [3.63, 3.8) is 0 Å². The van der Waals surface area contributed by atoms with Crippen LogP contribution in [0.1, 0.15) is 66.9 Å². The fourth-order valence-electron chi connectivity index (χ4n) is 4.93. The van der Waals surface area contributed by atoms with Crippen LogP contribution in [-0.4, -0.2) is 30.6 Å². The summed E-state index contributed by atoms with van der Waals surface area (Å²) >= 11 is 0. The molecule has 0 spiro atoms. The van der Waals surface area contributed by atoms with E-state index in [2.05, 4.69) is 56.5 Å². The van der Waals surface area contributed by atoms with Crippen molar-refractivity contribution in [2.45, 2.75) is 66.9 Å². The van der Waals surface area contributed by atoms with Crippen molar-refractivity contribution in [1.82, 2.24) is 24.5 Å². The first-order valence-electron chi connectivity index (χ1n) is 12.9. The van der Waals surface area contributed by atoms with Crippen molar-refractivity contribution >= 4 is 16.6 Å². The summed E-state index contributed by atoms with van der Waals surface area (Å²) in [5.41, 5.74) is 10.3. The maximum Gasteiger partial charge on any atom is 0.216 e. The molecule has 1 aliphatic carbocycles. The molecule has 37 heavy (non-hydrogen) atoms. The maximum atomic E-state index is 6.31. The predicted octanol–water partition coefficient (Wildman–Crippen LogP) is 6.68. The Kier molecular flexibility index (Phi) is 7.73. The SMILES string of the molecule is C#Cc1cc(C)c(-c2c(C3=CCC(Oc4nc(C)ccc4C)CC3)c3c(C)ncnc3n2C)cn1.CC. The minimum Gasteiger partial charge on any atom is -0.474 e. The Morgan fingerprint density at radius 3 is 2.51 bits per heavy atom. The van der Waals surface area contributed by atoms with Gasteiger partial charge in [-0.3, -0.25) is 0 Å². The van der Waals surface area contributed by atoms with Gasteiger partial charge in [-0.15, -0.1) is 6.42 Å². The van der Waals surface area contributed by atoms with Crippen molar-refractivity contribution < 1.29 is 4.74 Å². The van der Waals surface area contributed by atoms with Crippen LogP contribution in [0.25, 0.3) is 27.9 Å². The Bertz CT molecular complexity index is 1520. The molecule has 4 heterocycles.